The molecule has 0 spiro atoms. The summed E-state index contributed by atoms with van der Waals surface area (Å²) in [7, 11) is -3.91. The molecule has 0 saturated heterocycles. The number of imidazole rings is 1. The van der Waals surface area contributed by atoms with Crippen LogP contribution in [0.15, 0.2) is 46.0 Å². The predicted octanol–water partition coefficient (Wildman–Crippen LogP) is 2.50. The van der Waals surface area contributed by atoms with E-state index in [1.807, 2.05) is 0 Å². The van der Waals surface area contributed by atoms with E-state index < -0.39 is 21.9 Å². The van der Waals surface area contributed by atoms with Gasteiger partial charge >= 0.3 is 6.18 Å². The molecule has 11 heteroatoms. The van der Waals surface area contributed by atoms with Crippen LogP contribution in [-0.2, 0) is 16.2 Å². The Morgan fingerprint density at radius 3 is 2.28 bits per heavy atom. The predicted molar refractivity (Wildman–Crippen MR) is 80.2 cm³/mol. The minimum Gasteiger partial charge on any atom is -0.449 e. The molecule has 0 unspecified atom stereocenters. The molecule has 0 aliphatic heterocycles. The molecule has 0 saturated carbocycles. The van der Waals surface area contributed by atoms with E-state index >= 15 is 0 Å². The summed E-state index contributed by atoms with van der Waals surface area (Å²) in [5.74, 6) is 0.176. The van der Waals surface area contributed by atoms with E-state index in [0.29, 0.717) is 0 Å². The molecule has 7 nitrogen and oxygen atoms in total. The second-order valence-corrected chi connectivity index (χ2v) is 6.67. The zero-order valence-corrected chi connectivity index (χ0v) is 13.5. The molecule has 0 aliphatic rings. The number of rotatable bonds is 3. The van der Waals surface area contributed by atoms with Crippen LogP contribution in [0, 0.1) is 6.92 Å². The van der Waals surface area contributed by atoms with E-state index in [4.69, 9.17) is 9.56 Å². The third-order valence-electron chi connectivity index (χ3n) is 3.29. The molecule has 0 atom stereocenters. The number of nitrogens with zero attached hydrogens (tertiary/aromatic N) is 3. The number of hydrogen-bond acceptors (Lipinski definition) is 5. The van der Waals surface area contributed by atoms with E-state index in [-0.39, 0.29) is 28.0 Å². The van der Waals surface area contributed by atoms with Gasteiger partial charge in [0.25, 0.3) is 0 Å². The number of aryl methyl sites for hydroxylation is 1. The largest absolute Gasteiger partial charge is 0.449 e. The zero-order chi connectivity index (χ0) is 18.4. The molecule has 0 radical (unpaired) electrons. The summed E-state index contributed by atoms with van der Waals surface area (Å²) >= 11 is 0. The first-order valence-electron chi connectivity index (χ1n) is 6.78. The molecule has 2 N–H and O–H groups in total. The zero-order valence-electron chi connectivity index (χ0n) is 12.6. The van der Waals surface area contributed by atoms with Gasteiger partial charge in [0.05, 0.1) is 4.90 Å². The average molecular weight is 372 g/mol. The lowest BCUT2D eigenvalue weighted by Gasteiger charge is -2.06. The molecule has 25 heavy (non-hydrogen) atoms. The Balaban J connectivity index is 2.16. The van der Waals surface area contributed by atoms with Gasteiger partial charge < -0.3 is 4.42 Å². The van der Waals surface area contributed by atoms with Crippen LogP contribution in [0.4, 0.5) is 13.2 Å². The Morgan fingerprint density at radius 1 is 1.16 bits per heavy atom. The maximum Gasteiger partial charge on any atom is 0.434 e. The van der Waals surface area contributed by atoms with Crippen LogP contribution in [0.3, 0.4) is 0 Å². The van der Waals surface area contributed by atoms with E-state index in [1.165, 1.54) is 30.5 Å². The van der Waals surface area contributed by atoms with Gasteiger partial charge in [0.1, 0.15) is 12.0 Å². The Kier molecular flexibility index (Phi) is 3.92. The number of halogens is 3. The molecule has 3 rings (SSSR count). The molecule has 0 fully saturated rings. The standard InChI is InChI=1S/C14H11F3N4O3S/c1-8-19-11(7-24-8)13-20-12(14(15,16)17)6-21(13)9-2-4-10(5-3-9)25(18,22)23/h2-7H,1H3,(H2,18,22,23). The Bertz CT molecular complexity index is 1020. The van der Waals surface area contributed by atoms with Crippen LogP contribution in [0.5, 0.6) is 0 Å². The van der Waals surface area contributed by atoms with Crippen LogP contribution >= 0.6 is 0 Å². The van der Waals surface area contributed by atoms with Gasteiger partial charge in [-0.25, -0.2) is 23.5 Å². The van der Waals surface area contributed by atoms with Crippen molar-refractivity contribution in [2.75, 3.05) is 0 Å². The Labute approximate surface area is 140 Å². The number of aromatic nitrogens is 3. The molecule has 2 heterocycles. The average Bonchev–Trinajstić information content (AvgIpc) is 3.12. The lowest BCUT2D eigenvalue weighted by atomic mass is 10.3. The lowest BCUT2D eigenvalue weighted by Crippen LogP contribution is -2.12. The summed E-state index contributed by atoms with van der Waals surface area (Å²) in [4.78, 5) is 7.41. The second kappa shape index (κ2) is 5.70. The molecule has 0 amide bonds. The fourth-order valence-corrected chi connectivity index (χ4v) is 2.67. The first-order chi connectivity index (χ1) is 11.6. The van der Waals surface area contributed by atoms with Gasteiger partial charge in [-0.05, 0) is 24.3 Å². The highest BCUT2D eigenvalue weighted by Gasteiger charge is 2.35. The molecule has 1 aromatic carbocycles. The van der Waals surface area contributed by atoms with Crippen LogP contribution in [-0.4, -0.2) is 23.0 Å². The van der Waals surface area contributed by atoms with Gasteiger partial charge in [0.15, 0.2) is 17.4 Å². The van der Waals surface area contributed by atoms with Gasteiger partial charge in [-0.1, -0.05) is 0 Å². The molecule has 3 aromatic rings. The minimum atomic E-state index is -4.65. The van der Waals surface area contributed by atoms with Crippen molar-refractivity contribution in [1.82, 2.24) is 14.5 Å². The van der Waals surface area contributed by atoms with Gasteiger partial charge in [-0.2, -0.15) is 13.2 Å². The third kappa shape index (κ3) is 3.42. The number of nitrogens with two attached hydrogens (primary N) is 1. The number of oxazole rings is 1. The number of primary sulfonamides is 1. The van der Waals surface area contributed by atoms with Crippen LogP contribution in [0.1, 0.15) is 11.6 Å². The maximum absolute atomic E-state index is 13.0. The van der Waals surface area contributed by atoms with E-state index in [9.17, 15) is 21.6 Å². The summed E-state index contributed by atoms with van der Waals surface area (Å²) in [5.41, 5.74) is -0.742. The highest BCUT2D eigenvalue weighted by molar-refractivity contribution is 7.89. The number of alkyl halides is 3. The number of benzene rings is 1. The normalized spacial score (nSPS) is 12.5. The summed E-state index contributed by atoms with van der Waals surface area (Å²) in [6, 6.07) is 5.02. The van der Waals surface area contributed by atoms with E-state index in [2.05, 4.69) is 9.97 Å². The minimum absolute atomic E-state index is 0.0902. The van der Waals surface area contributed by atoms with Gasteiger partial charge in [0, 0.05) is 18.8 Å². The van der Waals surface area contributed by atoms with E-state index in [1.54, 1.807) is 6.92 Å². The van der Waals surface area contributed by atoms with Crippen molar-refractivity contribution in [1.29, 1.82) is 0 Å². The van der Waals surface area contributed by atoms with Crippen LogP contribution in [0.25, 0.3) is 17.2 Å². The first-order valence-corrected chi connectivity index (χ1v) is 8.32. The summed E-state index contributed by atoms with van der Waals surface area (Å²) in [6.45, 7) is 1.54. The third-order valence-corrected chi connectivity index (χ3v) is 4.22. The van der Waals surface area contributed by atoms with Crippen molar-refractivity contribution in [2.24, 2.45) is 5.14 Å². The molecular weight excluding hydrogens is 361 g/mol. The van der Waals surface area contributed by atoms with Gasteiger partial charge in [-0.3, -0.25) is 4.57 Å². The first kappa shape index (κ1) is 17.2. The fourth-order valence-electron chi connectivity index (χ4n) is 2.16. The van der Waals surface area contributed by atoms with Crippen LogP contribution in [0.2, 0.25) is 0 Å². The molecule has 0 aliphatic carbocycles. The highest BCUT2D eigenvalue weighted by Crippen LogP contribution is 2.32. The quantitative estimate of drug-likeness (QED) is 0.761. The Morgan fingerprint density at radius 2 is 1.80 bits per heavy atom. The molecular formula is C14H11F3N4O3S. The number of sulfonamides is 1. The SMILES string of the molecule is Cc1nc(-c2nc(C(F)(F)F)cn2-c2ccc(S(N)(=O)=O)cc2)co1. The highest BCUT2D eigenvalue weighted by atomic mass is 32.2. The van der Waals surface area contributed by atoms with Crippen molar-refractivity contribution in [3.8, 4) is 17.2 Å². The smallest absolute Gasteiger partial charge is 0.434 e. The van der Waals surface area contributed by atoms with E-state index in [0.717, 1.165) is 10.8 Å². The monoisotopic (exact) mass is 372 g/mol. The maximum atomic E-state index is 13.0. The molecule has 0 bridgehead atoms. The van der Waals surface area contributed by atoms with Crippen molar-refractivity contribution in [3.05, 3.63) is 48.3 Å². The molecule has 132 valence electrons. The van der Waals surface area contributed by atoms with Gasteiger partial charge in [-0.15, -0.1) is 0 Å². The summed E-state index contributed by atoms with van der Waals surface area (Å²) in [6.07, 6.45) is -2.67. The summed E-state index contributed by atoms with van der Waals surface area (Å²) in [5, 5.41) is 5.01. The number of hydrogen-bond donors (Lipinski definition) is 1. The second-order valence-electron chi connectivity index (χ2n) is 5.11. The lowest BCUT2D eigenvalue weighted by molar-refractivity contribution is -0.140. The van der Waals surface area contributed by atoms with Crippen molar-refractivity contribution in [3.63, 3.8) is 0 Å². The molecule has 2 aromatic heterocycles. The topological polar surface area (TPSA) is 104 Å². The van der Waals surface area contributed by atoms with Gasteiger partial charge in [0.2, 0.25) is 10.0 Å². The summed E-state index contributed by atoms with van der Waals surface area (Å²) < 4.78 is 67.8. The Hall–Kier alpha value is -2.66. The van der Waals surface area contributed by atoms with Crippen molar-refractivity contribution >= 4 is 10.0 Å². The fraction of sp³-hybridized carbons (Fsp3) is 0.143. The van der Waals surface area contributed by atoms with Crippen molar-refractivity contribution in [2.45, 2.75) is 18.0 Å². The van der Waals surface area contributed by atoms with Crippen molar-refractivity contribution < 1.29 is 26.0 Å². The van der Waals surface area contributed by atoms with Crippen LogP contribution < -0.4 is 5.14 Å².